The molecule has 12 nitrogen and oxygen atoms in total. The smallest absolute Gasteiger partial charge is 0.350 e. The van der Waals surface area contributed by atoms with Crippen LogP contribution in [-0.2, 0) is 16.6 Å². The fourth-order valence-corrected chi connectivity index (χ4v) is 4.94. The SMILES string of the molecule is CONC1=CN(c2nc(-c3ncnn3C)c(C(=O)OC)s2)CCC1NC(=O)c1[nH]c(C)c(Cl)c1Cl. The number of halogens is 2. The number of amides is 1. The number of aromatic amines is 1. The zero-order valence-electron chi connectivity index (χ0n) is 19.2. The van der Waals surface area contributed by atoms with Crippen LogP contribution in [0.2, 0.25) is 10.0 Å². The maximum absolute atomic E-state index is 12.8. The van der Waals surface area contributed by atoms with Crippen molar-refractivity contribution < 1.29 is 19.2 Å². The number of H-pyrrole nitrogens is 1. The van der Waals surface area contributed by atoms with Crippen molar-refractivity contribution in [2.75, 3.05) is 25.7 Å². The molecule has 0 bridgehead atoms. The van der Waals surface area contributed by atoms with E-state index in [1.54, 1.807) is 20.2 Å². The molecule has 1 atom stereocenters. The van der Waals surface area contributed by atoms with Crippen molar-refractivity contribution in [3.63, 3.8) is 0 Å². The lowest BCUT2D eigenvalue weighted by atomic mass is 10.1. The van der Waals surface area contributed by atoms with Crippen molar-refractivity contribution in [3.05, 3.63) is 44.5 Å². The normalized spacial score (nSPS) is 15.7. The number of rotatable bonds is 7. The number of aromatic nitrogens is 5. The molecular formula is C20H22Cl2N8O4S. The van der Waals surface area contributed by atoms with Gasteiger partial charge in [0.2, 0.25) is 0 Å². The molecule has 3 N–H and O–H groups in total. The molecule has 0 aromatic carbocycles. The molecule has 0 saturated carbocycles. The first kappa shape index (κ1) is 25.0. The third-order valence-electron chi connectivity index (χ3n) is 5.29. The van der Waals surface area contributed by atoms with Gasteiger partial charge in [-0.05, 0) is 13.3 Å². The third kappa shape index (κ3) is 4.85. The van der Waals surface area contributed by atoms with E-state index >= 15 is 0 Å². The number of hydrogen-bond acceptors (Lipinski definition) is 10. The molecule has 3 aromatic heterocycles. The largest absolute Gasteiger partial charge is 0.465 e. The number of thiazole rings is 1. The highest BCUT2D eigenvalue weighted by Gasteiger charge is 2.30. The van der Waals surface area contributed by atoms with E-state index in [4.69, 9.17) is 32.8 Å². The Morgan fingerprint density at radius 2 is 2.06 bits per heavy atom. The Kier molecular flexibility index (Phi) is 7.31. The monoisotopic (exact) mass is 540 g/mol. The zero-order chi connectivity index (χ0) is 25.3. The molecule has 1 aliphatic heterocycles. The fourth-order valence-electron chi connectivity index (χ4n) is 3.55. The highest BCUT2D eigenvalue weighted by molar-refractivity contribution is 7.18. The number of hydroxylamine groups is 1. The summed E-state index contributed by atoms with van der Waals surface area (Å²) in [6, 6.07) is -0.407. The molecule has 0 fully saturated rings. The highest BCUT2D eigenvalue weighted by Crippen LogP contribution is 2.34. The molecule has 0 spiro atoms. The van der Waals surface area contributed by atoms with E-state index in [1.165, 1.54) is 36.6 Å². The van der Waals surface area contributed by atoms with Crippen LogP contribution in [0, 0.1) is 6.92 Å². The van der Waals surface area contributed by atoms with Crippen LogP contribution in [-0.4, -0.2) is 63.4 Å². The summed E-state index contributed by atoms with van der Waals surface area (Å²) < 4.78 is 6.46. The van der Waals surface area contributed by atoms with Crippen LogP contribution in [0.1, 0.15) is 32.3 Å². The molecule has 0 saturated heterocycles. The predicted molar refractivity (Wildman–Crippen MR) is 130 cm³/mol. The average Bonchev–Trinajstić information content (AvgIpc) is 3.54. The van der Waals surface area contributed by atoms with Gasteiger partial charge in [0.25, 0.3) is 5.91 Å². The van der Waals surface area contributed by atoms with Crippen molar-refractivity contribution in [1.29, 1.82) is 0 Å². The summed E-state index contributed by atoms with van der Waals surface area (Å²) in [5, 5.41) is 8.00. The number of esters is 1. The summed E-state index contributed by atoms with van der Waals surface area (Å²) in [4.78, 5) is 44.3. The molecule has 0 aliphatic carbocycles. The van der Waals surface area contributed by atoms with Gasteiger partial charge < -0.3 is 19.9 Å². The van der Waals surface area contributed by atoms with Gasteiger partial charge >= 0.3 is 5.97 Å². The van der Waals surface area contributed by atoms with Gasteiger partial charge in [0.1, 0.15) is 22.6 Å². The average molecular weight is 541 g/mol. The van der Waals surface area contributed by atoms with Gasteiger partial charge in [-0.2, -0.15) is 5.10 Å². The Morgan fingerprint density at radius 1 is 1.29 bits per heavy atom. The van der Waals surface area contributed by atoms with Crippen LogP contribution in [0.4, 0.5) is 5.13 Å². The van der Waals surface area contributed by atoms with Gasteiger partial charge in [-0.3, -0.25) is 15.1 Å². The Bertz CT molecular complexity index is 1300. The number of ether oxygens (including phenoxy) is 1. The molecule has 0 radical (unpaired) electrons. The standard InChI is InChI=1S/C20H22Cl2N8O4S/c1-9-12(21)13(22)14(25-9)18(31)26-10-5-6-30(7-11(10)28-34-4)20-27-15(16(35-20)19(32)33-3)17-23-8-24-29(17)2/h7-8,10,25,28H,5-6H2,1-4H3,(H,26,31). The lowest BCUT2D eigenvalue weighted by Crippen LogP contribution is -2.45. The molecule has 4 rings (SSSR count). The lowest BCUT2D eigenvalue weighted by molar-refractivity contribution is 0.0606. The third-order valence-corrected chi connectivity index (χ3v) is 7.31. The van der Waals surface area contributed by atoms with E-state index in [9.17, 15) is 9.59 Å². The summed E-state index contributed by atoms with van der Waals surface area (Å²) in [5.41, 5.74) is 4.54. The predicted octanol–water partition coefficient (Wildman–Crippen LogP) is 2.67. The van der Waals surface area contributed by atoms with Gasteiger partial charge in [0, 0.05) is 25.5 Å². The van der Waals surface area contributed by atoms with Crippen LogP contribution in [0.3, 0.4) is 0 Å². The van der Waals surface area contributed by atoms with E-state index < -0.39 is 17.9 Å². The van der Waals surface area contributed by atoms with Crippen LogP contribution in [0.15, 0.2) is 18.2 Å². The number of anilines is 1. The Labute approximate surface area is 214 Å². The van der Waals surface area contributed by atoms with Crippen LogP contribution in [0.5, 0.6) is 0 Å². The molecular weight excluding hydrogens is 519 g/mol. The number of carbonyl (C=O) groups is 2. The van der Waals surface area contributed by atoms with Crippen LogP contribution < -0.4 is 15.7 Å². The van der Waals surface area contributed by atoms with E-state index in [2.05, 4.69) is 30.8 Å². The summed E-state index contributed by atoms with van der Waals surface area (Å²) in [6.07, 6.45) is 3.65. The minimum absolute atomic E-state index is 0.166. The summed E-state index contributed by atoms with van der Waals surface area (Å²) in [6.45, 7) is 2.22. The zero-order valence-corrected chi connectivity index (χ0v) is 21.5. The molecule has 15 heteroatoms. The van der Waals surface area contributed by atoms with E-state index in [1.807, 2.05) is 4.90 Å². The first-order valence-corrected chi connectivity index (χ1v) is 11.9. The second kappa shape index (κ2) is 10.2. The van der Waals surface area contributed by atoms with Crippen molar-refractivity contribution in [2.45, 2.75) is 19.4 Å². The van der Waals surface area contributed by atoms with Crippen molar-refractivity contribution in [3.8, 4) is 11.5 Å². The number of hydrogen-bond donors (Lipinski definition) is 3. The summed E-state index contributed by atoms with van der Waals surface area (Å²) in [5.74, 6) is -0.491. The Balaban J connectivity index is 1.62. The number of nitrogens with one attached hydrogen (secondary N) is 3. The Morgan fingerprint density at radius 3 is 2.66 bits per heavy atom. The van der Waals surface area contributed by atoms with Crippen LogP contribution in [0.25, 0.3) is 11.5 Å². The van der Waals surface area contributed by atoms with E-state index in [0.717, 1.165) is 0 Å². The van der Waals surface area contributed by atoms with Crippen molar-refractivity contribution in [1.82, 2.24) is 35.5 Å². The van der Waals surface area contributed by atoms with Gasteiger partial charge in [-0.15, -0.1) is 0 Å². The van der Waals surface area contributed by atoms with Gasteiger partial charge in [-0.1, -0.05) is 34.5 Å². The van der Waals surface area contributed by atoms with Gasteiger partial charge in [0.15, 0.2) is 11.0 Å². The molecule has 1 aliphatic rings. The van der Waals surface area contributed by atoms with Gasteiger partial charge in [0.05, 0.1) is 36.0 Å². The second-order valence-corrected chi connectivity index (χ2v) is 9.26. The molecule has 1 unspecified atom stereocenters. The minimum atomic E-state index is -0.523. The van der Waals surface area contributed by atoms with Crippen LogP contribution >= 0.6 is 34.5 Å². The highest BCUT2D eigenvalue weighted by atomic mass is 35.5. The topological polar surface area (TPSA) is 139 Å². The first-order chi connectivity index (χ1) is 16.7. The fraction of sp³-hybridized carbons (Fsp3) is 0.350. The number of aryl methyl sites for hydroxylation is 2. The number of nitrogens with zero attached hydrogens (tertiary/aromatic N) is 5. The first-order valence-electron chi connectivity index (χ1n) is 10.3. The number of carbonyl (C=O) groups excluding carboxylic acids is 2. The summed E-state index contributed by atoms with van der Waals surface area (Å²) >= 11 is 13.5. The second-order valence-electron chi connectivity index (χ2n) is 7.52. The molecule has 35 heavy (non-hydrogen) atoms. The summed E-state index contributed by atoms with van der Waals surface area (Å²) in [7, 11) is 4.48. The molecule has 1 amide bonds. The Hall–Kier alpha value is -3.13. The number of methoxy groups -OCH3 is 1. The molecule has 186 valence electrons. The quantitative estimate of drug-likeness (QED) is 0.304. The van der Waals surface area contributed by atoms with E-state index in [-0.39, 0.29) is 10.7 Å². The molecule has 3 aromatic rings. The maximum atomic E-state index is 12.8. The minimum Gasteiger partial charge on any atom is -0.465 e. The van der Waals surface area contributed by atoms with Crippen molar-refractivity contribution >= 4 is 51.5 Å². The van der Waals surface area contributed by atoms with E-state index in [0.29, 0.717) is 50.9 Å². The molecule has 4 heterocycles. The lowest BCUT2D eigenvalue weighted by Gasteiger charge is -2.31. The maximum Gasteiger partial charge on any atom is 0.350 e. The van der Waals surface area contributed by atoms with Gasteiger partial charge in [-0.25, -0.2) is 19.4 Å². The van der Waals surface area contributed by atoms with Crippen molar-refractivity contribution in [2.24, 2.45) is 7.05 Å².